The number of nitrogens with zero attached hydrogens (tertiary/aromatic N) is 6. The molecule has 0 bridgehead atoms. The molecule has 1 aliphatic carbocycles. The molecule has 4 rings (SSSR count). The maximum atomic E-state index is 13.0. The molecule has 1 atom stereocenters. The predicted molar refractivity (Wildman–Crippen MR) is 159 cm³/mol. The molecule has 2 aliphatic rings. The number of carbonyl (C=O) groups is 1. The van der Waals surface area contributed by atoms with E-state index in [1.165, 1.54) is 12.8 Å². The number of aryl methyl sites for hydroxylation is 1. The zero-order valence-corrected chi connectivity index (χ0v) is 25.0. The van der Waals surface area contributed by atoms with Crippen molar-refractivity contribution in [3.8, 4) is 0 Å². The Balaban J connectivity index is 1.90. The van der Waals surface area contributed by atoms with Crippen molar-refractivity contribution in [3.63, 3.8) is 0 Å². The number of hydrogen-bond donors (Lipinski definition) is 1. The molecule has 39 heavy (non-hydrogen) atoms. The van der Waals surface area contributed by atoms with E-state index < -0.39 is 0 Å². The Bertz CT molecular complexity index is 1290. The van der Waals surface area contributed by atoms with E-state index in [-0.39, 0.29) is 17.4 Å². The van der Waals surface area contributed by atoms with Crippen LogP contribution in [0.15, 0.2) is 35.1 Å². The third-order valence-electron chi connectivity index (χ3n) is 7.77. The fourth-order valence-electron chi connectivity index (χ4n) is 5.79. The first-order valence-electron chi connectivity index (χ1n) is 14.5. The number of rotatable bonds is 7. The Morgan fingerprint density at radius 1 is 1.21 bits per heavy atom. The lowest BCUT2D eigenvalue weighted by molar-refractivity contribution is -0.117. The Labute approximate surface area is 233 Å². The number of nitrogens with one attached hydrogen (secondary N) is 1. The van der Waals surface area contributed by atoms with E-state index in [1.807, 2.05) is 13.0 Å². The highest BCUT2D eigenvalue weighted by molar-refractivity contribution is 6.20. The zero-order chi connectivity index (χ0) is 28.3. The first kappa shape index (κ1) is 28.7. The van der Waals surface area contributed by atoms with E-state index in [2.05, 4.69) is 84.5 Å². The molecule has 0 spiro atoms. The van der Waals surface area contributed by atoms with Crippen molar-refractivity contribution in [2.45, 2.75) is 112 Å². The number of pyridine rings is 1. The van der Waals surface area contributed by atoms with Gasteiger partial charge >= 0.3 is 0 Å². The molecule has 0 saturated heterocycles. The summed E-state index contributed by atoms with van der Waals surface area (Å²) in [5, 5.41) is 12.2. The first-order chi connectivity index (χ1) is 18.6. The average Bonchev–Trinajstić information content (AvgIpc) is 3.55. The minimum absolute atomic E-state index is 0.0203. The van der Waals surface area contributed by atoms with Crippen LogP contribution in [-0.2, 0) is 4.79 Å². The summed E-state index contributed by atoms with van der Waals surface area (Å²) in [6, 6.07) is 2.47. The zero-order valence-electron chi connectivity index (χ0n) is 25.0. The van der Waals surface area contributed by atoms with Crippen LogP contribution < -0.4 is 5.32 Å². The first-order valence-corrected chi connectivity index (χ1v) is 14.5. The second-order valence-electron chi connectivity index (χ2n) is 12.0. The van der Waals surface area contributed by atoms with Gasteiger partial charge in [0, 0.05) is 24.2 Å². The topological polar surface area (TPSA) is 88.3 Å². The van der Waals surface area contributed by atoms with Gasteiger partial charge in [0.05, 0.1) is 29.3 Å². The number of amides is 1. The molecule has 1 fully saturated rings. The Hall–Kier alpha value is -3.29. The highest BCUT2D eigenvalue weighted by Crippen LogP contribution is 2.41. The number of hydrogen-bond acceptors (Lipinski definition) is 5. The van der Waals surface area contributed by atoms with Crippen molar-refractivity contribution >= 4 is 28.8 Å². The van der Waals surface area contributed by atoms with Crippen molar-refractivity contribution in [1.82, 2.24) is 24.6 Å². The van der Waals surface area contributed by atoms with Crippen LogP contribution >= 0.6 is 0 Å². The third kappa shape index (κ3) is 5.99. The normalized spacial score (nSPS) is 20.9. The second-order valence-corrected chi connectivity index (χ2v) is 12.0. The van der Waals surface area contributed by atoms with Crippen LogP contribution in [0.25, 0.3) is 11.4 Å². The minimum atomic E-state index is -0.112. The molecular weight excluding hydrogens is 486 g/mol. The van der Waals surface area contributed by atoms with Crippen LogP contribution in [0.2, 0.25) is 0 Å². The second kappa shape index (κ2) is 11.8. The van der Waals surface area contributed by atoms with Crippen molar-refractivity contribution in [2.24, 2.45) is 10.4 Å². The maximum Gasteiger partial charge on any atom is 0.224 e. The van der Waals surface area contributed by atoms with Gasteiger partial charge in [0.2, 0.25) is 5.91 Å². The van der Waals surface area contributed by atoms with Gasteiger partial charge < -0.3 is 10.2 Å². The summed E-state index contributed by atoms with van der Waals surface area (Å²) in [7, 11) is 0. The van der Waals surface area contributed by atoms with Gasteiger partial charge in [-0.05, 0) is 63.5 Å². The summed E-state index contributed by atoms with van der Waals surface area (Å²) < 4.78 is 2.18. The van der Waals surface area contributed by atoms with E-state index in [1.54, 1.807) is 12.4 Å². The predicted octanol–water partition coefficient (Wildman–Crippen LogP) is 7.17. The summed E-state index contributed by atoms with van der Waals surface area (Å²) >= 11 is 0. The van der Waals surface area contributed by atoms with E-state index >= 15 is 0 Å². The molecule has 1 N–H and O–H groups in total. The Morgan fingerprint density at radius 2 is 1.92 bits per heavy atom. The van der Waals surface area contributed by atoms with Gasteiger partial charge in [-0.1, -0.05) is 53.5 Å². The molecular formula is C31H45N7O. The standard InChI is InChI=1S/C31H45N7O/c1-9-20(4)28(23-16-17-32-19-24(23)33-27(39)18-31(6,7)8)34-29-25(10-2)37-21(5)35-36-30(37)26(11-3)38(29)22-14-12-13-15-22/h10,16-17,19,22,26H,9,11-15,18H2,1-8H3,(H,33,39). The van der Waals surface area contributed by atoms with Crippen LogP contribution in [0.4, 0.5) is 5.69 Å². The average molecular weight is 532 g/mol. The molecule has 8 heteroatoms. The maximum absolute atomic E-state index is 13.0. The van der Waals surface area contributed by atoms with Crippen molar-refractivity contribution in [2.75, 3.05) is 5.32 Å². The minimum Gasteiger partial charge on any atom is -0.342 e. The molecule has 0 aromatic carbocycles. The summed E-state index contributed by atoms with van der Waals surface area (Å²) in [6.07, 6.45) is 12.6. The number of aromatic nitrogens is 4. The molecule has 1 unspecified atom stereocenters. The molecule has 1 amide bonds. The fourth-order valence-corrected chi connectivity index (χ4v) is 5.79. The molecule has 2 aromatic heterocycles. The third-order valence-corrected chi connectivity index (χ3v) is 7.77. The Kier molecular flexibility index (Phi) is 8.72. The lowest BCUT2D eigenvalue weighted by Crippen LogP contribution is -2.47. The van der Waals surface area contributed by atoms with E-state index in [0.717, 1.165) is 65.7 Å². The van der Waals surface area contributed by atoms with Crippen LogP contribution in [-0.4, -0.2) is 42.4 Å². The van der Waals surface area contributed by atoms with Crippen molar-refractivity contribution in [1.29, 1.82) is 0 Å². The van der Waals surface area contributed by atoms with Crippen LogP contribution in [0.3, 0.4) is 0 Å². The molecule has 3 heterocycles. The molecule has 2 aromatic rings. The number of anilines is 1. The number of aliphatic imine (C=N–C) groups is 1. The van der Waals surface area contributed by atoms with Gasteiger partial charge in [-0.15, -0.1) is 10.2 Å². The van der Waals surface area contributed by atoms with Crippen LogP contribution in [0.1, 0.15) is 117 Å². The molecule has 210 valence electrons. The quantitative estimate of drug-likeness (QED) is 0.409. The molecule has 1 aliphatic heterocycles. The monoisotopic (exact) mass is 531 g/mol. The number of allylic oxidation sites excluding steroid dienone is 2. The lowest BCUT2D eigenvalue weighted by atomic mass is 9.92. The largest absolute Gasteiger partial charge is 0.342 e. The number of fused-ring (bicyclic) bond motifs is 1. The van der Waals surface area contributed by atoms with Crippen LogP contribution in [0.5, 0.6) is 0 Å². The van der Waals surface area contributed by atoms with Gasteiger partial charge in [0.15, 0.2) is 11.7 Å². The summed E-state index contributed by atoms with van der Waals surface area (Å²) in [6.45, 7) is 16.8. The molecule has 1 saturated carbocycles. The van der Waals surface area contributed by atoms with Gasteiger partial charge in [0.25, 0.3) is 0 Å². The molecule has 0 radical (unpaired) electrons. The van der Waals surface area contributed by atoms with Gasteiger partial charge in [-0.2, -0.15) is 0 Å². The molecule has 8 nitrogen and oxygen atoms in total. The summed E-state index contributed by atoms with van der Waals surface area (Å²) in [5.41, 5.74) is 4.52. The summed E-state index contributed by atoms with van der Waals surface area (Å²) in [4.78, 5) is 25.3. The number of carbonyl (C=O) groups excluding carboxylic acids is 1. The van der Waals surface area contributed by atoms with E-state index in [9.17, 15) is 4.79 Å². The van der Waals surface area contributed by atoms with Crippen molar-refractivity contribution in [3.05, 3.63) is 47.3 Å². The highest BCUT2D eigenvalue weighted by atomic mass is 16.1. The van der Waals surface area contributed by atoms with Gasteiger partial charge in [-0.25, -0.2) is 4.99 Å². The fraction of sp³-hybridized carbons (Fsp3) is 0.581. The lowest BCUT2D eigenvalue weighted by Gasteiger charge is -2.43. The van der Waals surface area contributed by atoms with Gasteiger partial charge in [-0.3, -0.25) is 14.3 Å². The SMILES string of the molecule is CC=C1C(=NC(=C(C)CC)c2ccncc2NC(=O)CC(C)(C)C)N(C2CCCC2)C(CC)c2nnc(C)n21. The Morgan fingerprint density at radius 3 is 2.54 bits per heavy atom. The highest BCUT2D eigenvalue weighted by Gasteiger charge is 2.40. The van der Waals surface area contributed by atoms with Gasteiger partial charge in [0.1, 0.15) is 5.82 Å². The number of amidine groups is 1. The summed E-state index contributed by atoms with van der Waals surface area (Å²) in [5.74, 6) is 2.80. The smallest absolute Gasteiger partial charge is 0.224 e. The van der Waals surface area contributed by atoms with Crippen molar-refractivity contribution < 1.29 is 4.79 Å². The van der Waals surface area contributed by atoms with E-state index in [4.69, 9.17) is 4.99 Å². The van der Waals surface area contributed by atoms with E-state index in [0.29, 0.717) is 18.2 Å². The van der Waals surface area contributed by atoms with Crippen LogP contribution in [0, 0.1) is 12.3 Å².